The highest BCUT2D eigenvalue weighted by atomic mass is 35.5. The SMILES string of the molecule is CN=C(NCCOc1cccnc1)N(C)Cc1cc(Cl)cn1C. The van der Waals surface area contributed by atoms with Gasteiger partial charge in [0, 0.05) is 39.2 Å². The summed E-state index contributed by atoms with van der Waals surface area (Å²) in [4.78, 5) is 10.3. The second-order valence-electron chi connectivity index (χ2n) is 5.13. The predicted octanol–water partition coefficient (Wildman–Crippen LogP) is 2.16. The van der Waals surface area contributed by atoms with Crippen molar-refractivity contribution in [2.75, 3.05) is 27.2 Å². The maximum absolute atomic E-state index is 6.02. The number of ether oxygens (including phenoxy) is 1. The van der Waals surface area contributed by atoms with E-state index >= 15 is 0 Å². The lowest BCUT2D eigenvalue weighted by Crippen LogP contribution is -2.40. The second-order valence-corrected chi connectivity index (χ2v) is 5.56. The minimum atomic E-state index is 0.536. The van der Waals surface area contributed by atoms with Gasteiger partial charge in [0.15, 0.2) is 5.96 Å². The molecule has 0 saturated carbocycles. The number of guanidine groups is 1. The smallest absolute Gasteiger partial charge is 0.193 e. The Hall–Kier alpha value is -2.21. The second kappa shape index (κ2) is 8.43. The molecule has 7 heteroatoms. The first-order valence-electron chi connectivity index (χ1n) is 7.35. The molecule has 0 amide bonds. The molecule has 6 nitrogen and oxygen atoms in total. The molecule has 2 aromatic heterocycles. The maximum atomic E-state index is 6.02. The van der Waals surface area contributed by atoms with Crippen molar-refractivity contribution in [3.05, 3.63) is 47.5 Å². The molecule has 23 heavy (non-hydrogen) atoms. The predicted molar refractivity (Wildman–Crippen MR) is 93.0 cm³/mol. The lowest BCUT2D eigenvalue weighted by Gasteiger charge is -2.22. The largest absolute Gasteiger partial charge is 0.490 e. The van der Waals surface area contributed by atoms with Crippen LogP contribution in [0, 0.1) is 0 Å². The van der Waals surface area contributed by atoms with Crippen LogP contribution in [0.3, 0.4) is 0 Å². The van der Waals surface area contributed by atoms with Crippen LogP contribution in [0.2, 0.25) is 5.02 Å². The van der Waals surface area contributed by atoms with Gasteiger partial charge in [0.1, 0.15) is 12.4 Å². The van der Waals surface area contributed by atoms with Crippen LogP contribution in [0.25, 0.3) is 0 Å². The zero-order valence-corrected chi connectivity index (χ0v) is 14.4. The number of nitrogens with one attached hydrogen (secondary N) is 1. The third-order valence-electron chi connectivity index (χ3n) is 3.34. The summed E-state index contributed by atoms with van der Waals surface area (Å²) < 4.78 is 7.61. The van der Waals surface area contributed by atoms with Gasteiger partial charge in [0.05, 0.1) is 24.3 Å². The van der Waals surface area contributed by atoms with Gasteiger partial charge in [0.2, 0.25) is 0 Å². The standard InChI is InChI=1S/C16H22ClN5O/c1-18-16(20-7-8-23-15-5-4-6-19-10-15)22(3)12-14-9-13(17)11-21(14)2/h4-6,9-11H,7-8,12H2,1-3H3,(H,18,20). The quantitative estimate of drug-likeness (QED) is 0.499. The Balaban J connectivity index is 1.79. The van der Waals surface area contributed by atoms with Gasteiger partial charge in [0.25, 0.3) is 0 Å². The molecule has 1 N–H and O–H groups in total. The summed E-state index contributed by atoms with van der Waals surface area (Å²) in [5.41, 5.74) is 1.12. The van der Waals surface area contributed by atoms with Gasteiger partial charge < -0.3 is 19.5 Å². The van der Waals surface area contributed by atoms with Crippen molar-refractivity contribution in [3.63, 3.8) is 0 Å². The summed E-state index contributed by atoms with van der Waals surface area (Å²) >= 11 is 6.02. The molecule has 0 atom stereocenters. The number of hydrogen-bond acceptors (Lipinski definition) is 3. The third kappa shape index (κ3) is 5.17. The fourth-order valence-electron chi connectivity index (χ4n) is 2.19. The van der Waals surface area contributed by atoms with Gasteiger partial charge in [-0.05, 0) is 18.2 Å². The van der Waals surface area contributed by atoms with Gasteiger partial charge in [-0.3, -0.25) is 9.98 Å². The van der Waals surface area contributed by atoms with Crippen molar-refractivity contribution in [3.8, 4) is 5.75 Å². The number of aliphatic imine (C=N–C) groups is 1. The number of aryl methyl sites for hydroxylation is 1. The van der Waals surface area contributed by atoms with E-state index in [0.717, 1.165) is 22.4 Å². The Kier molecular flexibility index (Phi) is 6.29. The number of rotatable bonds is 6. The van der Waals surface area contributed by atoms with E-state index in [1.807, 2.05) is 48.0 Å². The van der Waals surface area contributed by atoms with E-state index in [4.69, 9.17) is 16.3 Å². The molecular formula is C16H22ClN5O. The van der Waals surface area contributed by atoms with E-state index in [0.29, 0.717) is 19.7 Å². The zero-order chi connectivity index (χ0) is 16.7. The van der Waals surface area contributed by atoms with Crippen molar-refractivity contribution in [1.82, 2.24) is 19.8 Å². The number of aromatic nitrogens is 2. The Morgan fingerprint density at radius 3 is 2.96 bits per heavy atom. The van der Waals surface area contributed by atoms with E-state index in [9.17, 15) is 0 Å². The molecule has 2 aromatic rings. The van der Waals surface area contributed by atoms with Gasteiger partial charge >= 0.3 is 0 Å². The first-order chi connectivity index (χ1) is 11.1. The first kappa shape index (κ1) is 17.1. The minimum absolute atomic E-state index is 0.536. The van der Waals surface area contributed by atoms with Crippen molar-refractivity contribution in [2.24, 2.45) is 12.0 Å². The molecule has 0 radical (unpaired) electrons. The monoisotopic (exact) mass is 335 g/mol. The van der Waals surface area contributed by atoms with Gasteiger partial charge in [-0.2, -0.15) is 0 Å². The maximum Gasteiger partial charge on any atom is 0.193 e. The molecule has 2 heterocycles. The van der Waals surface area contributed by atoms with Crippen molar-refractivity contribution in [2.45, 2.75) is 6.54 Å². The minimum Gasteiger partial charge on any atom is -0.490 e. The number of halogens is 1. The Morgan fingerprint density at radius 2 is 2.35 bits per heavy atom. The van der Waals surface area contributed by atoms with Crippen molar-refractivity contribution >= 4 is 17.6 Å². The highest BCUT2D eigenvalue weighted by Gasteiger charge is 2.09. The first-order valence-corrected chi connectivity index (χ1v) is 7.73. The Bertz CT molecular complexity index is 641. The van der Waals surface area contributed by atoms with Crippen molar-refractivity contribution < 1.29 is 4.74 Å². The summed E-state index contributed by atoms with van der Waals surface area (Å²) in [7, 11) is 5.73. The number of nitrogens with zero attached hydrogens (tertiary/aromatic N) is 4. The third-order valence-corrected chi connectivity index (χ3v) is 3.54. The van der Waals surface area contributed by atoms with E-state index in [1.165, 1.54) is 0 Å². The average Bonchev–Trinajstić information content (AvgIpc) is 2.85. The molecule has 0 fully saturated rings. The molecule has 0 saturated heterocycles. The van der Waals surface area contributed by atoms with Crippen LogP contribution in [0.1, 0.15) is 5.69 Å². The summed E-state index contributed by atoms with van der Waals surface area (Å²) in [6, 6.07) is 5.68. The topological polar surface area (TPSA) is 54.7 Å². The molecule has 0 aliphatic carbocycles. The van der Waals surface area contributed by atoms with Crippen LogP contribution in [0.15, 0.2) is 41.8 Å². The molecule has 0 spiro atoms. The van der Waals surface area contributed by atoms with Crippen molar-refractivity contribution in [1.29, 1.82) is 0 Å². The Morgan fingerprint density at radius 1 is 1.52 bits per heavy atom. The molecule has 0 aliphatic heterocycles. The van der Waals surface area contributed by atoms with Gasteiger partial charge in [-0.15, -0.1) is 0 Å². The molecule has 0 aliphatic rings. The molecule has 0 aromatic carbocycles. The van der Waals surface area contributed by atoms with E-state index in [-0.39, 0.29) is 0 Å². The number of hydrogen-bond donors (Lipinski definition) is 1. The van der Waals surface area contributed by atoms with Gasteiger partial charge in [-0.25, -0.2) is 0 Å². The normalized spacial score (nSPS) is 11.4. The van der Waals surface area contributed by atoms with E-state index in [1.54, 1.807) is 19.4 Å². The Labute approximate surface area is 141 Å². The molecule has 0 unspecified atom stereocenters. The summed E-state index contributed by atoms with van der Waals surface area (Å²) in [5, 5.41) is 4.01. The zero-order valence-electron chi connectivity index (χ0n) is 13.7. The molecule has 124 valence electrons. The van der Waals surface area contributed by atoms with Crippen LogP contribution in [-0.2, 0) is 13.6 Å². The molecule has 2 rings (SSSR count). The lowest BCUT2D eigenvalue weighted by molar-refractivity contribution is 0.318. The fourth-order valence-corrected chi connectivity index (χ4v) is 2.46. The summed E-state index contributed by atoms with van der Waals surface area (Å²) in [5.74, 6) is 1.56. The molecule has 0 bridgehead atoms. The average molecular weight is 336 g/mol. The highest BCUT2D eigenvalue weighted by Crippen LogP contribution is 2.14. The van der Waals surface area contributed by atoms with E-state index < -0.39 is 0 Å². The lowest BCUT2D eigenvalue weighted by atomic mass is 10.4. The van der Waals surface area contributed by atoms with E-state index in [2.05, 4.69) is 15.3 Å². The summed E-state index contributed by atoms with van der Waals surface area (Å²) in [6.07, 6.45) is 5.31. The van der Waals surface area contributed by atoms with Gasteiger partial charge in [-0.1, -0.05) is 11.6 Å². The van der Waals surface area contributed by atoms with Crippen LogP contribution in [-0.4, -0.2) is 47.7 Å². The molecular weight excluding hydrogens is 314 g/mol. The van der Waals surface area contributed by atoms with Crippen LogP contribution in [0.5, 0.6) is 5.75 Å². The van der Waals surface area contributed by atoms with Crippen LogP contribution < -0.4 is 10.1 Å². The fraction of sp³-hybridized carbons (Fsp3) is 0.375. The number of pyridine rings is 1. The van der Waals surface area contributed by atoms with Crippen LogP contribution in [0.4, 0.5) is 0 Å². The highest BCUT2D eigenvalue weighted by molar-refractivity contribution is 6.30. The van der Waals surface area contributed by atoms with Crippen LogP contribution >= 0.6 is 11.6 Å². The summed E-state index contributed by atoms with van der Waals surface area (Å²) in [6.45, 7) is 1.90.